The Morgan fingerprint density at radius 3 is 2.59 bits per heavy atom. The first-order valence-electron chi connectivity index (χ1n) is 11.1. The van der Waals surface area contributed by atoms with Gasteiger partial charge in [0.05, 0.1) is 24.5 Å². The zero-order valence-corrected chi connectivity index (χ0v) is 21.0. The molecule has 3 rings (SSSR count). The number of methoxy groups -OCH3 is 2. The van der Waals surface area contributed by atoms with E-state index in [0.29, 0.717) is 31.0 Å². The van der Waals surface area contributed by atoms with E-state index in [-0.39, 0.29) is 40.3 Å². The van der Waals surface area contributed by atoms with Gasteiger partial charge in [0.2, 0.25) is 0 Å². The number of amides is 1. The van der Waals surface area contributed by atoms with E-state index in [0.717, 1.165) is 0 Å². The number of para-hydroxylation sites is 1. The molecule has 0 unspecified atom stereocenters. The summed E-state index contributed by atoms with van der Waals surface area (Å²) in [6.07, 6.45) is -0.135. The predicted octanol–water partition coefficient (Wildman–Crippen LogP) is 2.59. The Morgan fingerprint density at radius 2 is 1.88 bits per heavy atom. The van der Waals surface area contributed by atoms with E-state index in [1.807, 2.05) is 6.92 Å². The number of anilines is 1. The van der Waals surface area contributed by atoms with Crippen molar-refractivity contribution in [2.45, 2.75) is 30.9 Å². The maximum atomic E-state index is 13.2. The molecule has 1 aliphatic heterocycles. The van der Waals surface area contributed by atoms with Gasteiger partial charge in [-0.1, -0.05) is 19.1 Å². The summed E-state index contributed by atoms with van der Waals surface area (Å²) in [6, 6.07) is 11.0. The lowest BCUT2D eigenvalue weighted by Gasteiger charge is -2.30. The van der Waals surface area contributed by atoms with E-state index in [4.69, 9.17) is 14.2 Å². The Balaban J connectivity index is 1.94. The molecule has 0 spiro atoms. The minimum absolute atomic E-state index is 0.00833. The lowest BCUT2D eigenvalue weighted by molar-refractivity contribution is 0.0281. The fraction of sp³-hybridized carbons (Fsp3) is 0.458. The number of likely N-dealkylation sites (N-methyl/N-ethyl adjacent to an activating group) is 1. The molecule has 1 heterocycles. The predicted molar refractivity (Wildman–Crippen MR) is 130 cm³/mol. The van der Waals surface area contributed by atoms with Gasteiger partial charge in [0.25, 0.3) is 15.9 Å². The highest BCUT2D eigenvalue weighted by atomic mass is 32.2. The van der Waals surface area contributed by atoms with Gasteiger partial charge in [-0.25, -0.2) is 8.42 Å². The molecule has 9 nitrogen and oxygen atoms in total. The normalized spacial score (nSPS) is 22.1. The number of rotatable bonds is 5. The molecule has 3 atom stereocenters. The molecular formula is C24H33N3O6S. The van der Waals surface area contributed by atoms with Crippen molar-refractivity contribution in [2.75, 3.05) is 45.7 Å². The molecule has 1 amide bonds. The molecule has 1 aliphatic rings. The van der Waals surface area contributed by atoms with Gasteiger partial charge in [0, 0.05) is 39.4 Å². The number of nitrogens with one attached hydrogen (secondary N) is 2. The molecule has 0 aromatic heterocycles. The first-order valence-corrected chi connectivity index (χ1v) is 12.6. The van der Waals surface area contributed by atoms with E-state index >= 15 is 0 Å². The Bertz CT molecular complexity index is 1110. The molecule has 10 heteroatoms. The number of carbonyl (C=O) groups is 1. The van der Waals surface area contributed by atoms with Gasteiger partial charge in [-0.15, -0.1) is 0 Å². The van der Waals surface area contributed by atoms with Crippen LogP contribution in [0, 0.1) is 5.92 Å². The van der Waals surface area contributed by atoms with Crippen LogP contribution in [0.1, 0.15) is 24.2 Å². The number of hydrogen-bond acceptors (Lipinski definition) is 7. The molecular weight excluding hydrogens is 458 g/mol. The quantitative estimate of drug-likeness (QED) is 0.662. The van der Waals surface area contributed by atoms with Gasteiger partial charge in [-0.05, 0) is 37.1 Å². The first kappa shape index (κ1) is 25.8. The monoisotopic (exact) mass is 491 g/mol. The lowest BCUT2D eigenvalue weighted by Crippen LogP contribution is -2.44. The van der Waals surface area contributed by atoms with E-state index in [9.17, 15) is 13.2 Å². The molecule has 34 heavy (non-hydrogen) atoms. The molecule has 0 radical (unpaired) electrons. The number of fused-ring (bicyclic) bond motifs is 1. The Hall–Kier alpha value is -2.82. The zero-order chi connectivity index (χ0) is 24.9. The number of ether oxygens (including phenoxy) is 3. The van der Waals surface area contributed by atoms with Crippen LogP contribution in [-0.2, 0) is 14.8 Å². The molecule has 0 saturated heterocycles. The fourth-order valence-electron chi connectivity index (χ4n) is 3.77. The third-order valence-electron chi connectivity index (χ3n) is 5.84. The number of benzene rings is 2. The maximum absolute atomic E-state index is 13.2. The minimum Gasteiger partial charge on any atom is -0.495 e. The Kier molecular flexibility index (Phi) is 8.40. The van der Waals surface area contributed by atoms with Crippen molar-refractivity contribution >= 4 is 21.6 Å². The van der Waals surface area contributed by atoms with Crippen LogP contribution in [0.4, 0.5) is 5.69 Å². The second kappa shape index (κ2) is 11.1. The molecule has 2 aromatic carbocycles. The lowest BCUT2D eigenvalue weighted by atomic mass is 10.0. The van der Waals surface area contributed by atoms with Crippen molar-refractivity contribution in [3.63, 3.8) is 0 Å². The molecule has 0 aliphatic carbocycles. The SMILES string of the molecule is COc1ccccc1S(=O)(=O)Nc1ccc2c(c1)OC[C@@H](C)NC[C@H](C)[C@H](OC)CN(C)C2=O. The van der Waals surface area contributed by atoms with Crippen LogP contribution in [0.5, 0.6) is 11.5 Å². The molecule has 0 fully saturated rings. The van der Waals surface area contributed by atoms with Crippen LogP contribution in [0.2, 0.25) is 0 Å². The molecule has 0 bridgehead atoms. The fourth-order valence-corrected chi connectivity index (χ4v) is 4.99. The average Bonchev–Trinajstić information content (AvgIpc) is 2.83. The van der Waals surface area contributed by atoms with Crippen molar-refractivity contribution in [2.24, 2.45) is 5.92 Å². The maximum Gasteiger partial charge on any atom is 0.265 e. The Labute approximate surface area is 201 Å². The van der Waals surface area contributed by atoms with Crippen LogP contribution in [0.25, 0.3) is 0 Å². The number of nitrogens with zero attached hydrogens (tertiary/aromatic N) is 1. The molecule has 2 aromatic rings. The van der Waals surface area contributed by atoms with Crippen LogP contribution in [0.15, 0.2) is 47.4 Å². The molecule has 0 saturated carbocycles. The average molecular weight is 492 g/mol. The van der Waals surface area contributed by atoms with E-state index in [2.05, 4.69) is 17.0 Å². The van der Waals surface area contributed by atoms with Crippen molar-refractivity contribution in [1.29, 1.82) is 0 Å². The second-order valence-electron chi connectivity index (χ2n) is 8.52. The first-order chi connectivity index (χ1) is 16.2. The Morgan fingerprint density at radius 1 is 1.15 bits per heavy atom. The highest BCUT2D eigenvalue weighted by Gasteiger charge is 2.26. The van der Waals surface area contributed by atoms with Crippen molar-refractivity contribution in [3.05, 3.63) is 48.0 Å². The van der Waals surface area contributed by atoms with Gasteiger partial charge >= 0.3 is 0 Å². The number of hydrogen-bond donors (Lipinski definition) is 2. The summed E-state index contributed by atoms with van der Waals surface area (Å²) in [5, 5.41) is 3.42. The van der Waals surface area contributed by atoms with Crippen LogP contribution < -0.4 is 19.5 Å². The third-order valence-corrected chi connectivity index (χ3v) is 7.26. The van der Waals surface area contributed by atoms with E-state index in [1.54, 1.807) is 49.4 Å². The van der Waals surface area contributed by atoms with E-state index < -0.39 is 10.0 Å². The second-order valence-corrected chi connectivity index (χ2v) is 10.2. The smallest absolute Gasteiger partial charge is 0.265 e. The standard InChI is InChI=1S/C24H33N3O6S/c1-16-13-25-17(2)15-33-21-12-18(10-11-19(21)24(28)27(3)14-22(16)32-5)26-34(29,30)23-9-7-6-8-20(23)31-4/h6-12,16-17,22,25-26H,13-15H2,1-5H3/t16-,17+,22+/m0/s1. The van der Waals surface area contributed by atoms with Crippen LogP contribution in [-0.4, -0.2) is 72.3 Å². The highest BCUT2D eigenvalue weighted by Crippen LogP contribution is 2.29. The summed E-state index contributed by atoms with van der Waals surface area (Å²) in [4.78, 5) is 14.8. The third kappa shape index (κ3) is 5.99. The summed E-state index contributed by atoms with van der Waals surface area (Å²) < 4.78 is 45.4. The molecule has 2 N–H and O–H groups in total. The van der Waals surface area contributed by atoms with Crippen LogP contribution >= 0.6 is 0 Å². The summed E-state index contributed by atoms with van der Waals surface area (Å²) in [5.74, 6) is 0.488. The van der Waals surface area contributed by atoms with Gasteiger partial charge in [-0.3, -0.25) is 9.52 Å². The van der Waals surface area contributed by atoms with Gasteiger partial charge < -0.3 is 24.4 Å². The number of sulfonamides is 1. The van der Waals surface area contributed by atoms with Gasteiger partial charge in [-0.2, -0.15) is 0 Å². The van der Waals surface area contributed by atoms with Gasteiger partial charge in [0.15, 0.2) is 0 Å². The molecule has 186 valence electrons. The van der Waals surface area contributed by atoms with Crippen molar-refractivity contribution < 1.29 is 27.4 Å². The van der Waals surface area contributed by atoms with Crippen LogP contribution in [0.3, 0.4) is 0 Å². The largest absolute Gasteiger partial charge is 0.495 e. The van der Waals surface area contributed by atoms with Crippen molar-refractivity contribution in [1.82, 2.24) is 10.2 Å². The topological polar surface area (TPSA) is 106 Å². The highest BCUT2D eigenvalue weighted by molar-refractivity contribution is 7.92. The van der Waals surface area contributed by atoms with E-state index in [1.165, 1.54) is 19.2 Å². The summed E-state index contributed by atoms with van der Waals surface area (Å²) in [5.41, 5.74) is 0.620. The van der Waals surface area contributed by atoms with Crippen molar-refractivity contribution in [3.8, 4) is 11.5 Å². The zero-order valence-electron chi connectivity index (χ0n) is 20.2. The minimum atomic E-state index is -3.93. The summed E-state index contributed by atoms with van der Waals surface area (Å²) >= 11 is 0. The summed E-state index contributed by atoms with van der Waals surface area (Å²) in [7, 11) is 0.842. The van der Waals surface area contributed by atoms with Gasteiger partial charge in [0.1, 0.15) is 23.0 Å². The number of carbonyl (C=O) groups excluding carboxylic acids is 1. The summed E-state index contributed by atoms with van der Waals surface area (Å²) in [6.45, 7) is 5.48.